The minimum Gasteiger partial charge on any atom is -0.477 e. The summed E-state index contributed by atoms with van der Waals surface area (Å²) in [7, 11) is 0. The molecular formula is C12H19N3O3S. The molecule has 1 saturated heterocycles. The van der Waals surface area contributed by atoms with Crippen LogP contribution in [0.2, 0.25) is 0 Å². The summed E-state index contributed by atoms with van der Waals surface area (Å²) >= 11 is 1.17. The van der Waals surface area contributed by atoms with Crippen molar-refractivity contribution in [2.24, 2.45) is 0 Å². The van der Waals surface area contributed by atoms with Gasteiger partial charge in [0.05, 0.1) is 18.4 Å². The lowest BCUT2D eigenvalue weighted by Gasteiger charge is -2.32. The van der Waals surface area contributed by atoms with Gasteiger partial charge in [-0.1, -0.05) is 18.3 Å². The predicted molar refractivity (Wildman–Crippen MR) is 74.2 cm³/mol. The van der Waals surface area contributed by atoms with Crippen molar-refractivity contribution in [3.8, 4) is 0 Å². The molecule has 6 nitrogen and oxygen atoms in total. The van der Waals surface area contributed by atoms with Crippen LogP contribution in [0.1, 0.15) is 22.3 Å². The second-order valence-corrected chi connectivity index (χ2v) is 5.50. The molecule has 1 aromatic heterocycles. The first-order valence-electron chi connectivity index (χ1n) is 6.38. The number of aromatic nitrogens is 1. The highest BCUT2D eigenvalue weighted by Crippen LogP contribution is 2.22. The summed E-state index contributed by atoms with van der Waals surface area (Å²) < 4.78 is 5.67. The maximum absolute atomic E-state index is 10.9. The molecule has 1 fully saturated rings. The normalized spacial score (nSPS) is 20.4. The molecule has 0 radical (unpaired) electrons. The van der Waals surface area contributed by atoms with Crippen LogP contribution in [-0.4, -0.2) is 59.8 Å². The Morgan fingerprint density at radius 1 is 1.68 bits per heavy atom. The molecule has 1 atom stereocenters. The Labute approximate surface area is 116 Å². The topological polar surface area (TPSA) is 74.7 Å². The Kier molecular flexibility index (Phi) is 4.73. The third-order valence-electron chi connectivity index (χ3n) is 3.14. The van der Waals surface area contributed by atoms with Crippen molar-refractivity contribution >= 4 is 22.4 Å². The van der Waals surface area contributed by atoms with E-state index in [2.05, 4.69) is 22.1 Å². The zero-order valence-electron chi connectivity index (χ0n) is 11.2. The van der Waals surface area contributed by atoms with Gasteiger partial charge in [0.2, 0.25) is 0 Å². The van der Waals surface area contributed by atoms with Crippen LogP contribution in [0.25, 0.3) is 0 Å². The van der Waals surface area contributed by atoms with Crippen LogP contribution >= 0.6 is 11.3 Å². The number of carbonyl (C=O) groups is 1. The van der Waals surface area contributed by atoms with Crippen molar-refractivity contribution in [2.45, 2.75) is 20.0 Å². The molecule has 2 rings (SSSR count). The van der Waals surface area contributed by atoms with Crippen molar-refractivity contribution in [1.82, 2.24) is 9.88 Å². The molecule has 0 saturated carbocycles. The van der Waals surface area contributed by atoms with Gasteiger partial charge in [0.25, 0.3) is 0 Å². The van der Waals surface area contributed by atoms with Crippen LogP contribution < -0.4 is 5.32 Å². The van der Waals surface area contributed by atoms with E-state index in [9.17, 15) is 4.79 Å². The number of likely N-dealkylation sites (N-methyl/N-ethyl adjacent to an activating group) is 1. The number of thiazole rings is 1. The minimum absolute atomic E-state index is 0.131. The van der Waals surface area contributed by atoms with Gasteiger partial charge in [-0.2, -0.15) is 0 Å². The second-order valence-electron chi connectivity index (χ2n) is 4.51. The maximum atomic E-state index is 10.9. The molecule has 2 heterocycles. The number of nitrogens with zero attached hydrogens (tertiary/aromatic N) is 2. The number of hydrogen-bond acceptors (Lipinski definition) is 6. The molecule has 1 aromatic rings. The van der Waals surface area contributed by atoms with Gasteiger partial charge in [0.1, 0.15) is 4.88 Å². The van der Waals surface area contributed by atoms with E-state index >= 15 is 0 Å². The summed E-state index contributed by atoms with van der Waals surface area (Å²) in [5.41, 5.74) is 0.555. The van der Waals surface area contributed by atoms with Gasteiger partial charge in [-0.25, -0.2) is 9.78 Å². The quantitative estimate of drug-likeness (QED) is 0.849. The van der Waals surface area contributed by atoms with Gasteiger partial charge >= 0.3 is 5.97 Å². The van der Waals surface area contributed by atoms with E-state index in [4.69, 9.17) is 9.84 Å². The van der Waals surface area contributed by atoms with Gasteiger partial charge in [-0.05, 0) is 13.5 Å². The first-order chi connectivity index (χ1) is 9.10. The fourth-order valence-corrected chi connectivity index (χ4v) is 2.87. The van der Waals surface area contributed by atoms with Crippen LogP contribution in [0.5, 0.6) is 0 Å². The van der Waals surface area contributed by atoms with E-state index in [0.717, 1.165) is 26.2 Å². The third kappa shape index (κ3) is 3.65. The second kappa shape index (κ2) is 6.31. The Hall–Kier alpha value is -1.18. The van der Waals surface area contributed by atoms with Crippen molar-refractivity contribution < 1.29 is 14.6 Å². The number of morpholine rings is 1. The van der Waals surface area contributed by atoms with E-state index in [1.165, 1.54) is 11.3 Å². The Balaban J connectivity index is 1.88. The molecular weight excluding hydrogens is 266 g/mol. The lowest BCUT2D eigenvalue weighted by atomic mass is 10.2. The molecule has 0 aliphatic carbocycles. The van der Waals surface area contributed by atoms with E-state index in [-0.39, 0.29) is 6.10 Å². The molecule has 7 heteroatoms. The summed E-state index contributed by atoms with van der Waals surface area (Å²) in [6, 6.07) is 0. The van der Waals surface area contributed by atoms with Crippen LogP contribution in [0.4, 0.5) is 5.13 Å². The molecule has 1 aliphatic rings. The van der Waals surface area contributed by atoms with Gasteiger partial charge in [0.15, 0.2) is 5.13 Å². The minimum atomic E-state index is -0.922. The van der Waals surface area contributed by atoms with E-state index in [1.807, 2.05) is 0 Å². The Bertz CT molecular complexity index is 449. The summed E-state index contributed by atoms with van der Waals surface area (Å²) in [5.74, 6) is -0.922. The zero-order chi connectivity index (χ0) is 13.8. The van der Waals surface area contributed by atoms with Gasteiger partial charge in [-0.3, -0.25) is 4.90 Å². The number of rotatable bonds is 5. The Morgan fingerprint density at radius 2 is 2.47 bits per heavy atom. The molecule has 1 unspecified atom stereocenters. The fourth-order valence-electron chi connectivity index (χ4n) is 2.06. The molecule has 106 valence electrons. The fraction of sp³-hybridized carbons (Fsp3) is 0.667. The molecule has 19 heavy (non-hydrogen) atoms. The van der Waals surface area contributed by atoms with Crippen molar-refractivity contribution in [1.29, 1.82) is 0 Å². The first-order valence-corrected chi connectivity index (χ1v) is 7.20. The van der Waals surface area contributed by atoms with Gasteiger partial charge in [0, 0.05) is 19.6 Å². The van der Waals surface area contributed by atoms with E-state index < -0.39 is 5.97 Å². The summed E-state index contributed by atoms with van der Waals surface area (Å²) in [6.45, 7) is 8.16. The number of ether oxygens (including phenoxy) is 1. The lowest BCUT2D eigenvalue weighted by molar-refractivity contribution is -0.0191. The van der Waals surface area contributed by atoms with E-state index in [0.29, 0.717) is 22.2 Å². The first kappa shape index (κ1) is 14.2. The molecule has 0 aromatic carbocycles. The number of aryl methyl sites for hydroxylation is 1. The number of anilines is 1. The molecule has 0 bridgehead atoms. The monoisotopic (exact) mass is 285 g/mol. The number of carboxylic acids is 1. The van der Waals surface area contributed by atoms with Crippen LogP contribution in [-0.2, 0) is 4.74 Å². The largest absolute Gasteiger partial charge is 0.477 e. The summed E-state index contributed by atoms with van der Waals surface area (Å²) in [6.07, 6.45) is 0.131. The highest BCUT2D eigenvalue weighted by molar-refractivity contribution is 7.17. The number of nitrogens with one attached hydrogen (secondary N) is 1. The van der Waals surface area contributed by atoms with Crippen LogP contribution in [0, 0.1) is 6.92 Å². The average Bonchev–Trinajstić information content (AvgIpc) is 2.78. The van der Waals surface area contributed by atoms with E-state index in [1.54, 1.807) is 6.92 Å². The average molecular weight is 285 g/mol. The van der Waals surface area contributed by atoms with Gasteiger partial charge in [-0.15, -0.1) is 0 Å². The zero-order valence-corrected chi connectivity index (χ0v) is 12.0. The maximum Gasteiger partial charge on any atom is 0.347 e. The smallest absolute Gasteiger partial charge is 0.347 e. The SMILES string of the molecule is CCN1CCOC(CNc2nc(C)c(C(=O)O)s2)C1. The molecule has 1 aliphatic heterocycles. The van der Waals surface area contributed by atoms with Crippen molar-refractivity contribution in [3.63, 3.8) is 0 Å². The molecule has 2 N–H and O–H groups in total. The highest BCUT2D eigenvalue weighted by Gasteiger charge is 2.20. The predicted octanol–water partition coefficient (Wildman–Crippen LogP) is 1.28. The Morgan fingerprint density at radius 3 is 3.11 bits per heavy atom. The molecule has 0 amide bonds. The van der Waals surface area contributed by atoms with Crippen LogP contribution in [0.15, 0.2) is 0 Å². The number of hydrogen-bond donors (Lipinski definition) is 2. The summed E-state index contributed by atoms with van der Waals surface area (Å²) in [4.78, 5) is 17.8. The lowest BCUT2D eigenvalue weighted by Crippen LogP contribution is -2.45. The van der Waals surface area contributed by atoms with Crippen molar-refractivity contribution in [3.05, 3.63) is 10.6 Å². The number of carboxylic acid groups (broad SMARTS) is 1. The van der Waals surface area contributed by atoms with Crippen molar-refractivity contribution in [2.75, 3.05) is 38.1 Å². The highest BCUT2D eigenvalue weighted by atomic mass is 32.1. The third-order valence-corrected chi connectivity index (χ3v) is 4.25. The van der Waals surface area contributed by atoms with Gasteiger partial charge < -0.3 is 15.2 Å². The number of aromatic carboxylic acids is 1. The van der Waals surface area contributed by atoms with Crippen LogP contribution in [0.3, 0.4) is 0 Å². The molecule has 0 spiro atoms. The summed E-state index contributed by atoms with van der Waals surface area (Å²) in [5, 5.41) is 12.8. The standard InChI is InChI=1S/C12H19N3O3S/c1-3-15-4-5-18-9(7-15)6-13-12-14-8(2)10(19-12)11(16)17/h9H,3-7H2,1-2H3,(H,13,14)(H,16,17).